The lowest BCUT2D eigenvalue weighted by molar-refractivity contribution is 0.218. The van der Waals surface area contributed by atoms with E-state index < -0.39 is 10.0 Å². The summed E-state index contributed by atoms with van der Waals surface area (Å²) in [6.45, 7) is 3.18. The molecule has 1 aliphatic heterocycles. The number of hydrogen-bond donors (Lipinski definition) is 0. The van der Waals surface area contributed by atoms with Gasteiger partial charge < -0.3 is 9.47 Å². The van der Waals surface area contributed by atoms with Gasteiger partial charge in [-0.05, 0) is 49.7 Å². The molecule has 0 amide bonds. The van der Waals surface area contributed by atoms with Crippen molar-refractivity contribution in [2.75, 3.05) is 19.7 Å². The van der Waals surface area contributed by atoms with E-state index in [1.54, 1.807) is 30.5 Å². The third kappa shape index (κ3) is 3.68. The van der Waals surface area contributed by atoms with Gasteiger partial charge in [0.15, 0.2) is 0 Å². The van der Waals surface area contributed by atoms with Gasteiger partial charge in [0.25, 0.3) is 0 Å². The van der Waals surface area contributed by atoms with Crippen molar-refractivity contribution < 1.29 is 17.9 Å². The lowest BCUT2D eigenvalue weighted by Crippen LogP contribution is -2.31. The maximum atomic E-state index is 12.9. The fourth-order valence-corrected chi connectivity index (χ4v) is 4.87. The van der Waals surface area contributed by atoms with E-state index in [1.165, 1.54) is 4.31 Å². The van der Waals surface area contributed by atoms with Gasteiger partial charge in [0.2, 0.25) is 10.0 Å². The molecule has 0 aliphatic carbocycles. The number of nitrogens with zero attached hydrogens (tertiary/aromatic N) is 2. The summed E-state index contributed by atoms with van der Waals surface area (Å²) in [5.41, 5.74) is 0.790. The monoisotopic (exact) mass is 398 g/mol. The van der Waals surface area contributed by atoms with Gasteiger partial charge in [-0.15, -0.1) is 0 Å². The Hall–Kier alpha value is -2.64. The molecular formula is C21H22N2O4S. The molecule has 2 heterocycles. The van der Waals surface area contributed by atoms with Gasteiger partial charge in [0, 0.05) is 18.1 Å². The Bertz CT molecular complexity index is 1060. The zero-order valence-electron chi connectivity index (χ0n) is 15.6. The van der Waals surface area contributed by atoms with Crippen LogP contribution in [0.1, 0.15) is 13.3 Å². The summed E-state index contributed by atoms with van der Waals surface area (Å²) in [7, 11) is -3.56. The van der Waals surface area contributed by atoms with Crippen LogP contribution in [-0.4, -0.2) is 43.5 Å². The maximum absolute atomic E-state index is 12.9. The number of rotatable bonds is 6. The van der Waals surface area contributed by atoms with Crippen LogP contribution in [0, 0.1) is 0 Å². The predicted molar refractivity (Wildman–Crippen MR) is 107 cm³/mol. The Kier molecular flexibility index (Phi) is 5.19. The van der Waals surface area contributed by atoms with Crippen molar-refractivity contribution in [2.24, 2.45) is 0 Å². The normalized spacial score (nSPS) is 17.7. The topological polar surface area (TPSA) is 68.7 Å². The average molecular weight is 398 g/mol. The summed E-state index contributed by atoms with van der Waals surface area (Å²) in [5, 5.41) is 0.997. The van der Waals surface area contributed by atoms with Crippen LogP contribution < -0.4 is 9.47 Å². The van der Waals surface area contributed by atoms with Crippen LogP contribution in [0.2, 0.25) is 0 Å². The Balaban J connectivity index is 1.48. The summed E-state index contributed by atoms with van der Waals surface area (Å²) >= 11 is 0. The number of pyridine rings is 1. The molecule has 1 fully saturated rings. The summed E-state index contributed by atoms with van der Waals surface area (Å²) in [6.07, 6.45) is 2.16. The first-order valence-electron chi connectivity index (χ1n) is 9.31. The molecule has 2 aromatic carbocycles. The molecule has 3 aromatic rings. The summed E-state index contributed by atoms with van der Waals surface area (Å²) in [5.74, 6) is 1.34. The van der Waals surface area contributed by atoms with Crippen molar-refractivity contribution in [1.29, 1.82) is 0 Å². The molecule has 0 N–H and O–H groups in total. The fourth-order valence-electron chi connectivity index (χ4n) is 3.39. The van der Waals surface area contributed by atoms with E-state index in [-0.39, 0.29) is 11.0 Å². The van der Waals surface area contributed by atoms with E-state index in [4.69, 9.17) is 9.47 Å². The van der Waals surface area contributed by atoms with E-state index >= 15 is 0 Å². The Morgan fingerprint density at radius 1 is 1.11 bits per heavy atom. The second-order valence-corrected chi connectivity index (χ2v) is 8.57. The summed E-state index contributed by atoms with van der Waals surface area (Å²) < 4.78 is 38.8. The van der Waals surface area contributed by atoms with E-state index in [0.29, 0.717) is 37.6 Å². The first-order chi connectivity index (χ1) is 13.6. The van der Waals surface area contributed by atoms with Crippen LogP contribution in [0.25, 0.3) is 10.9 Å². The number of sulfonamides is 1. The molecule has 6 nitrogen and oxygen atoms in total. The number of fused-ring (bicyclic) bond motifs is 1. The van der Waals surface area contributed by atoms with Gasteiger partial charge >= 0.3 is 0 Å². The first-order valence-corrected chi connectivity index (χ1v) is 10.8. The molecule has 0 saturated carbocycles. The Labute approximate surface area is 164 Å². The lowest BCUT2D eigenvalue weighted by atomic mass is 10.2. The minimum absolute atomic E-state index is 0.204. The Morgan fingerprint density at radius 2 is 1.89 bits per heavy atom. The SMILES string of the molecule is CCOc1ccc(S(=O)(=O)N2CCC(Oc3cccc4cccnc34)C2)cc1. The molecular weight excluding hydrogens is 376 g/mol. The second-order valence-electron chi connectivity index (χ2n) is 6.63. The van der Waals surface area contributed by atoms with Gasteiger partial charge in [0.05, 0.1) is 18.0 Å². The van der Waals surface area contributed by atoms with Crippen LogP contribution in [-0.2, 0) is 10.0 Å². The molecule has 28 heavy (non-hydrogen) atoms. The smallest absolute Gasteiger partial charge is 0.243 e. The third-order valence-corrected chi connectivity index (χ3v) is 6.65. The molecule has 1 saturated heterocycles. The van der Waals surface area contributed by atoms with Crippen LogP contribution >= 0.6 is 0 Å². The third-order valence-electron chi connectivity index (χ3n) is 4.77. The van der Waals surface area contributed by atoms with Crippen molar-refractivity contribution in [2.45, 2.75) is 24.3 Å². The number of benzene rings is 2. The maximum Gasteiger partial charge on any atom is 0.243 e. The van der Waals surface area contributed by atoms with Gasteiger partial charge in [-0.3, -0.25) is 4.98 Å². The lowest BCUT2D eigenvalue weighted by Gasteiger charge is -2.18. The standard InChI is InChI=1S/C21H22N2O4S/c1-2-26-17-8-10-19(11-9-17)28(24,25)23-14-12-18(15-23)27-20-7-3-5-16-6-4-13-22-21(16)20/h3-11,13,18H,2,12,14-15H2,1H3. The molecule has 1 aromatic heterocycles. The fraction of sp³-hybridized carbons (Fsp3) is 0.286. The first kappa shape index (κ1) is 18.7. The minimum atomic E-state index is -3.56. The van der Waals surface area contributed by atoms with E-state index in [1.807, 2.05) is 37.3 Å². The highest BCUT2D eigenvalue weighted by atomic mass is 32.2. The van der Waals surface area contributed by atoms with Crippen molar-refractivity contribution in [3.8, 4) is 11.5 Å². The number of hydrogen-bond acceptors (Lipinski definition) is 5. The predicted octanol–water partition coefficient (Wildman–Crippen LogP) is 3.48. The summed E-state index contributed by atoms with van der Waals surface area (Å²) in [4.78, 5) is 4.66. The van der Waals surface area contributed by atoms with Crippen LogP contribution in [0.15, 0.2) is 65.7 Å². The van der Waals surface area contributed by atoms with Crippen LogP contribution in [0.3, 0.4) is 0 Å². The average Bonchev–Trinajstić information content (AvgIpc) is 3.18. The van der Waals surface area contributed by atoms with Gasteiger partial charge in [-0.25, -0.2) is 8.42 Å². The number of aromatic nitrogens is 1. The highest BCUT2D eigenvalue weighted by Gasteiger charge is 2.33. The van der Waals surface area contributed by atoms with E-state index in [2.05, 4.69) is 4.98 Å². The molecule has 1 aliphatic rings. The molecule has 0 bridgehead atoms. The van der Waals surface area contributed by atoms with Gasteiger partial charge in [-0.1, -0.05) is 18.2 Å². The van der Waals surface area contributed by atoms with Crippen molar-refractivity contribution in [1.82, 2.24) is 9.29 Å². The molecule has 0 radical (unpaired) electrons. The zero-order chi connectivity index (χ0) is 19.6. The van der Waals surface area contributed by atoms with Crippen molar-refractivity contribution in [3.05, 3.63) is 60.8 Å². The highest BCUT2D eigenvalue weighted by molar-refractivity contribution is 7.89. The zero-order valence-corrected chi connectivity index (χ0v) is 16.4. The molecule has 0 spiro atoms. The van der Waals surface area contributed by atoms with Crippen LogP contribution in [0.4, 0.5) is 0 Å². The van der Waals surface area contributed by atoms with E-state index in [0.717, 1.165) is 10.9 Å². The largest absolute Gasteiger partial charge is 0.494 e. The van der Waals surface area contributed by atoms with Gasteiger partial charge in [0.1, 0.15) is 23.1 Å². The van der Waals surface area contributed by atoms with Crippen LogP contribution in [0.5, 0.6) is 11.5 Å². The molecule has 4 rings (SSSR count). The van der Waals surface area contributed by atoms with Crippen molar-refractivity contribution >= 4 is 20.9 Å². The molecule has 1 unspecified atom stereocenters. The number of ether oxygens (including phenoxy) is 2. The molecule has 7 heteroatoms. The molecule has 1 atom stereocenters. The number of para-hydroxylation sites is 1. The summed E-state index contributed by atoms with van der Waals surface area (Å²) in [6, 6.07) is 16.2. The van der Waals surface area contributed by atoms with E-state index in [9.17, 15) is 8.42 Å². The highest BCUT2D eigenvalue weighted by Crippen LogP contribution is 2.28. The van der Waals surface area contributed by atoms with Gasteiger partial charge in [-0.2, -0.15) is 4.31 Å². The Morgan fingerprint density at radius 3 is 2.68 bits per heavy atom. The minimum Gasteiger partial charge on any atom is -0.494 e. The van der Waals surface area contributed by atoms with Crippen molar-refractivity contribution in [3.63, 3.8) is 0 Å². The second kappa shape index (κ2) is 7.77. The quantitative estimate of drug-likeness (QED) is 0.636. The molecule has 146 valence electrons.